The van der Waals surface area contributed by atoms with Crippen molar-refractivity contribution in [3.05, 3.63) is 22.7 Å². The maximum atomic E-state index is 12.8. The van der Waals surface area contributed by atoms with Crippen LogP contribution >= 0.6 is 11.6 Å². The van der Waals surface area contributed by atoms with Gasteiger partial charge in [-0.2, -0.15) is 0 Å². The number of nitrogen functional groups attached to an aromatic ring is 1. The quantitative estimate of drug-likeness (QED) is 0.571. The van der Waals surface area contributed by atoms with Gasteiger partial charge >= 0.3 is 0 Å². The third kappa shape index (κ3) is 6.49. The van der Waals surface area contributed by atoms with Crippen molar-refractivity contribution < 1.29 is 19.1 Å². The first kappa shape index (κ1) is 24.6. The molecule has 0 atom stereocenters. The number of amides is 2. The number of nitrogens with one attached hydrogen (secondary N) is 1. The van der Waals surface area contributed by atoms with Crippen LogP contribution in [0, 0.1) is 5.92 Å². The molecular formula is C23H35ClN4O4. The summed E-state index contributed by atoms with van der Waals surface area (Å²) in [4.78, 5) is 29.3. The summed E-state index contributed by atoms with van der Waals surface area (Å²) in [5.74, 6) is 1.05. The Kier molecular flexibility index (Phi) is 9.02. The standard InChI is InChI=1S/C23H35ClN4O4/c1-31-12-7-22(29)28-10-3-16(4-11-28)15-27-8-5-17(6-9-27)26-23(30)18-13-19(24)20(25)14-21(18)32-2/h13-14,16-17H,3-12,15,25H2,1-2H3,(H,26,30). The molecule has 0 unspecified atom stereocenters. The summed E-state index contributed by atoms with van der Waals surface area (Å²) in [7, 11) is 3.14. The molecule has 0 saturated carbocycles. The fraction of sp³-hybridized carbons (Fsp3) is 0.652. The molecule has 2 aliphatic rings. The zero-order chi connectivity index (χ0) is 23.1. The van der Waals surface area contributed by atoms with Crippen LogP contribution in [0.5, 0.6) is 5.75 Å². The monoisotopic (exact) mass is 466 g/mol. The van der Waals surface area contributed by atoms with E-state index in [2.05, 4.69) is 10.2 Å². The maximum absolute atomic E-state index is 12.8. The predicted octanol–water partition coefficient (Wildman–Crippen LogP) is 2.40. The Balaban J connectivity index is 1.41. The van der Waals surface area contributed by atoms with Gasteiger partial charge in [-0.15, -0.1) is 0 Å². The number of nitrogens with zero attached hydrogens (tertiary/aromatic N) is 2. The van der Waals surface area contributed by atoms with Gasteiger partial charge in [0.25, 0.3) is 5.91 Å². The molecule has 0 aromatic heterocycles. The number of ether oxygens (including phenoxy) is 2. The lowest BCUT2D eigenvalue weighted by atomic mass is 9.94. The van der Waals surface area contributed by atoms with Crippen molar-refractivity contribution in [2.24, 2.45) is 5.92 Å². The Labute approximate surface area is 195 Å². The molecule has 1 aromatic carbocycles. The summed E-state index contributed by atoms with van der Waals surface area (Å²) in [6.45, 7) is 5.14. The molecule has 32 heavy (non-hydrogen) atoms. The zero-order valence-electron chi connectivity index (χ0n) is 19.1. The molecule has 3 N–H and O–H groups in total. The van der Waals surface area contributed by atoms with Crippen LogP contribution in [0.4, 0.5) is 5.69 Å². The molecule has 2 amide bonds. The van der Waals surface area contributed by atoms with Crippen molar-refractivity contribution in [1.82, 2.24) is 15.1 Å². The Morgan fingerprint density at radius 2 is 1.81 bits per heavy atom. The van der Waals surface area contributed by atoms with Crippen molar-refractivity contribution in [2.45, 2.75) is 38.1 Å². The fourth-order valence-corrected chi connectivity index (χ4v) is 4.68. The van der Waals surface area contributed by atoms with Gasteiger partial charge in [-0.3, -0.25) is 9.59 Å². The maximum Gasteiger partial charge on any atom is 0.255 e. The summed E-state index contributed by atoms with van der Waals surface area (Å²) < 4.78 is 10.3. The van der Waals surface area contributed by atoms with Crippen LogP contribution < -0.4 is 15.8 Å². The van der Waals surface area contributed by atoms with Crippen molar-refractivity contribution in [3.8, 4) is 5.75 Å². The van der Waals surface area contributed by atoms with Gasteiger partial charge in [0.15, 0.2) is 0 Å². The molecule has 2 fully saturated rings. The van der Waals surface area contributed by atoms with Crippen molar-refractivity contribution in [2.75, 3.05) is 59.3 Å². The number of methoxy groups -OCH3 is 2. The third-order valence-corrected chi connectivity index (χ3v) is 6.82. The molecule has 0 radical (unpaired) electrons. The number of hydrogen-bond donors (Lipinski definition) is 2. The Morgan fingerprint density at radius 1 is 1.12 bits per heavy atom. The molecule has 0 spiro atoms. The van der Waals surface area contributed by atoms with Crippen LogP contribution in [0.3, 0.4) is 0 Å². The summed E-state index contributed by atoms with van der Waals surface area (Å²) in [6, 6.07) is 3.27. The fourth-order valence-electron chi connectivity index (χ4n) is 4.52. The number of carbonyl (C=O) groups is 2. The second kappa shape index (κ2) is 11.7. The highest BCUT2D eigenvalue weighted by atomic mass is 35.5. The topological polar surface area (TPSA) is 97.1 Å². The number of carbonyl (C=O) groups excluding carboxylic acids is 2. The average molecular weight is 467 g/mol. The van der Waals surface area contributed by atoms with E-state index in [1.807, 2.05) is 4.90 Å². The van der Waals surface area contributed by atoms with Gasteiger partial charge in [-0.25, -0.2) is 0 Å². The number of anilines is 1. The number of rotatable bonds is 8. The largest absolute Gasteiger partial charge is 0.496 e. The van der Waals surface area contributed by atoms with E-state index >= 15 is 0 Å². The van der Waals surface area contributed by atoms with E-state index in [9.17, 15) is 9.59 Å². The number of likely N-dealkylation sites (tertiary alicyclic amines) is 2. The summed E-state index contributed by atoms with van der Waals surface area (Å²) >= 11 is 6.10. The Bertz CT molecular complexity index is 790. The molecule has 2 heterocycles. The number of nitrogens with two attached hydrogens (primary N) is 1. The van der Waals surface area contributed by atoms with Gasteiger partial charge < -0.3 is 30.3 Å². The van der Waals surface area contributed by atoms with Gasteiger partial charge in [-0.1, -0.05) is 11.6 Å². The summed E-state index contributed by atoms with van der Waals surface area (Å²) in [6.07, 6.45) is 4.38. The first-order valence-corrected chi connectivity index (χ1v) is 11.7. The van der Waals surface area contributed by atoms with E-state index < -0.39 is 0 Å². The van der Waals surface area contributed by atoms with Gasteiger partial charge in [0.1, 0.15) is 5.75 Å². The predicted molar refractivity (Wildman–Crippen MR) is 125 cm³/mol. The number of benzene rings is 1. The molecule has 0 bridgehead atoms. The van der Waals surface area contributed by atoms with E-state index in [1.54, 1.807) is 19.2 Å². The highest BCUT2D eigenvalue weighted by Crippen LogP contribution is 2.29. The minimum atomic E-state index is -0.187. The third-order valence-electron chi connectivity index (χ3n) is 6.49. The lowest BCUT2D eigenvalue weighted by Crippen LogP contribution is -2.47. The zero-order valence-corrected chi connectivity index (χ0v) is 19.8. The highest BCUT2D eigenvalue weighted by Gasteiger charge is 2.27. The van der Waals surface area contributed by atoms with Crippen LogP contribution in [0.2, 0.25) is 5.02 Å². The van der Waals surface area contributed by atoms with Crippen LogP contribution in [0.15, 0.2) is 12.1 Å². The molecule has 2 saturated heterocycles. The normalized spacial score (nSPS) is 18.5. The number of halogens is 1. The van der Waals surface area contributed by atoms with E-state index in [0.717, 1.165) is 58.4 Å². The first-order chi connectivity index (χ1) is 15.4. The first-order valence-electron chi connectivity index (χ1n) is 11.3. The van der Waals surface area contributed by atoms with E-state index in [0.29, 0.717) is 41.0 Å². The minimum Gasteiger partial charge on any atom is -0.496 e. The van der Waals surface area contributed by atoms with E-state index in [-0.39, 0.29) is 17.9 Å². The minimum absolute atomic E-state index is 0.125. The Hall–Kier alpha value is -2.03. The second-order valence-corrected chi connectivity index (χ2v) is 9.10. The van der Waals surface area contributed by atoms with E-state index in [1.165, 1.54) is 7.11 Å². The number of piperidine rings is 2. The lowest BCUT2D eigenvalue weighted by Gasteiger charge is -2.38. The molecule has 9 heteroatoms. The molecule has 178 valence electrons. The Morgan fingerprint density at radius 3 is 2.44 bits per heavy atom. The van der Waals surface area contributed by atoms with E-state index in [4.69, 9.17) is 26.8 Å². The lowest BCUT2D eigenvalue weighted by molar-refractivity contribution is -0.133. The SMILES string of the molecule is COCCC(=O)N1CCC(CN2CCC(NC(=O)c3cc(Cl)c(N)cc3OC)CC2)CC1. The van der Waals surface area contributed by atoms with Crippen LogP contribution in [-0.4, -0.2) is 81.2 Å². The van der Waals surface area contributed by atoms with Crippen LogP contribution in [0.1, 0.15) is 42.5 Å². The van der Waals surface area contributed by atoms with Crippen molar-refractivity contribution in [1.29, 1.82) is 0 Å². The average Bonchev–Trinajstić information content (AvgIpc) is 2.80. The van der Waals surface area contributed by atoms with Crippen molar-refractivity contribution >= 4 is 29.1 Å². The molecule has 3 rings (SSSR count). The number of hydrogen-bond acceptors (Lipinski definition) is 6. The van der Waals surface area contributed by atoms with Gasteiger partial charge in [0, 0.05) is 51.9 Å². The van der Waals surface area contributed by atoms with Gasteiger partial charge in [0.2, 0.25) is 5.91 Å². The molecule has 1 aromatic rings. The molecule has 8 nitrogen and oxygen atoms in total. The second-order valence-electron chi connectivity index (χ2n) is 8.69. The summed E-state index contributed by atoms with van der Waals surface area (Å²) in [5.41, 5.74) is 6.60. The van der Waals surface area contributed by atoms with Crippen molar-refractivity contribution in [3.63, 3.8) is 0 Å². The van der Waals surface area contributed by atoms with Gasteiger partial charge in [0.05, 0.1) is 36.4 Å². The van der Waals surface area contributed by atoms with Crippen LogP contribution in [0.25, 0.3) is 0 Å². The highest BCUT2D eigenvalue weighted by molar-refractivity contribution is 6.33. The van der Waals surface area contributed by atoms with Gasteiger partial charge in [-0.05, 0) is 37.7 Å². The molecule has 2 aliphatic heterocycles. The smallest absolute Gasteiger partial charge is 0.255 e. The molecule has 0 aliphatic carbocycles. The summed E-state index contributed by atoms with van der Waals surface area (Å²) in [5, 5.41) is 3.46. The van der Waals surface area contributed by atoms with Crippen LogP contribution in [-0.2, 0) is 9.53 Å². The molecular weight excluding hydrogens is 432 g/mol.